The molecule has 4 rings (SSSR count). The monoisotopic (exact) mass is 439 g/mol. The van der Waals surface area contributed by atoms with Crippen molar-refractivity contribution in [2.24, 2.45) is 9.98 Å². The van der Waals surface area contributed by atoms with E-state index in [2.05, 4.69) is 28.8 Å². The Kier molecular flexibility index (Phi) is 6.01. The molecule has 168 valence electrons. The SMILES string of the molecule is CC(C)=C1C=CC(C(C)=c2cc/c(=C(\C(=O)N(C)C)c3ccc(/C(C)=C4/C=CC=N4)[nH]3)[nH]2)=N1. The molecule has 0 radical (unpaired) electrons. The quantitative estimate of drug-likeness (QED) is 0.752. The van der Waals surface area contributed by atoms with Crippen molar-refractivity contribution in [3.8, 4) is 0 Å². The Labute approximate surface area is 193 Å². The van der Waals surface area contributed by atoms with Gasteiger partial charge >= 0.3 is 0 Å². The maximum Gasteiger partial charge on any atom is 0.257 e. The van der Waals surface area contributed by atoms with Gasteiger partial charge in [0.1, 0.15) is 0 Å². The van der Waals surface area contributed by atoms with Crippen LogP contribution in [0.25, 0.3) is 16.7 Å². The van der Waals surface area contributed by atoms with Crippen LogP contribution in [-0.4, -0.2) is 46.8 Å². The minimum absolute atomic E-state index is 0.0801. The van der Waals surface area contributed by atoms with Crippen molar-refractivity contribution in [3.63, 3.8) is 0 Å². The van der Waals surface area contributed by atoms with E-state index in [1.54, 1.807) is 25.2 Å². The number of hydrogen-bond donors (Lipinski definition) is 2. The smallest absolute Gasteiger partial charge is 0.257 e. The summed E-state index contributed by atoms with van der Waals surface area (Å²) in [6, 6.07) is 7.88. The van der Waals surface area contributed by atoms with E-state index < -0.39 is 0 Å². The van der Waals surface area contributed by atoms with E-state index >= 15 is 0 Å². The Bertz CT molecular complexity index is 1410. The second-order valence-corrected chi connectivity index (χ2v) is 8.63. The van der Waals surface area contributed by atoms with Crippen LogP contribution in [0.3, 0.4) is 0 Å². The molecule has 6 nitrogen and oxygen atoms in total. The van der Waals surface area contributed by atoms with Crippen LogP contribution in [0.4, 0.5) is 0 Å². The van der Waals surface area contributed by atoms with E-state index in [0.29, 0.717) is 5.57 Å². The molecule has 0 saturated carbocycles. The molecular weight excluding hydrogens is 410 g/mol. The number of aliphatic imine (C=N–C) groups is 2. The molecule has 4 heterocycles. The van der Waals surface area contributed by atoms with Crippen LogP contribution in [0.5, 0.6) is 0 Å². The van der Waals surface area contributed by atoms with E-state index in [0.717, 1.165) is 50.3 Å². The number of aromatic nitrogens is 2. The first kappa shape index (κ1) is 22.3. The molecule has 2 aliphatic rings. The summed E-state index contributed by atoms with van der Waals surface area (Å²) in [6.07, 6.45) is 9.73. The number of H-pyrrole nitrogens is 2. The van der Waals surface area contributed by atoms with Gasteiger partial charge in [-0.25, -0.2) is 4.99 Å². The fourth-order valence-corrected chi connectivity index (χ4v) is 3.77. The van der Waals surface area contributed by atoms with Crippen molar-refractivity contribution >= 4 is 34.6 Å². The Hall–Kier alpha value is -3.93. The van der Waals surface area contributed by atoms with Crippen LogP contribution in [0.1, 0.15) is 39.1 Å². The van der Waals surface area contributed by atoms with E-state index in [1.165, 1.54) is 5.57 Å². The predicted molar refractivity (Wildman–Crippen MR) is 136 cm³/mol. The molecule has 0 fully saturated rings. The number of allylic oxidation sites excluding steroid dienone is 6. The number of aromatic amines is 2. The summed E-state index contributed by atoms with van der Waals surface area (Å²) in [5.74, 6) is -0.0801. The lowest BCUT2D eigenvalue weighted by molar-refractivity contribution is -0.122. The van der Waals surface area contributed by atoms with Crippen LogP contribution in [0.2, 0.25) is 0 Å². The minimum Gasteiger partial charge on any atom is -0.355 e. The third kappa shape index (κ3) is 4.37. The highest BCUT2D eigenvalue weighted by Gasteiger charge is 2.19. The number of nitrogens with zero attached hydrogens (tertiary/aromatic N) is 3. The van der Waals surface area contributed by atoms with Gasteiger partial charge in [-0.2, -0.15) is 0 Å². The van der Waals surface area contributed by atoms with Gasteiger partial charge in [-0.05, 0) is 87.4 Å². The summed E-state index contributed by atoms with van der Waals surface area (Å²) in [5, 5.41) is 1.69. The zero-order chi connectivity index (χ0) is 23.7. The molecule has 0 atom stereocenters. The first-order chi connectivity index (χ1) is 15.8. The lowest BCUT2D eigenvalue weighted by Gasteiger charge is -2.12. The molecule has 2 aromatic heterocycles. The molecule has 0 aliphatic carbocycles. The standard InChI is InChI=1S/C27H29N5O/c1-16(2)19-9-10-22(29-19)18(4)23-12-14-25(31-23)26(27(33)32(5)6)24-13-11-21(30-24)17(3)20-8-7-15-28-20/h7-15,30-31H,1-6H3/b20-17-,23-18?,26-25+. The molecule has 0 aromatic carbocycles. The summed E-state index contributed by atoms with van der Waals surface area (Å²) in [7, 11) is 3.52. The van der Waals surface area contributed by atoms with Crippen molar-refractivity contribution < 1.29 is 4.79 Å². The molecular formula is C27H29N5O. The van der Waals surface area contributed by atoms with Crippen molar-refractivity contribution in [2.75, 3.05) is 14.1 Å². The average Bonchev–Trinajstić information content (AvgIpc) is 3.59. The van der Waals surface area contributed by atoms with Gasteiger partial charge in [0, 0.05) is 31.4 Å². The second kappa shape index (κ2) is 8.90. The number of amides is 1. The summed E-state index contributed by atoms with van der Waals surface area (Å²) in [5.41, 5.74) is 8.35. The fraction of sp³-hybridized carbons (Fsp3) is 0.222. The molecule has 1 amide bonds. The zero-order valence-corrected chi connectivity index (χ0v) is 19.9. The third-order valence-electron chi connectivity index (χ3n) is 5.81. The third-order valence-corrected chi connectivity index (χ3v) is 5.81. The number of rotatable bonds is 4. The summed E-state index contributed by atoms with van der Waals surface area (Å²) in [6.45, 7) is 8.17. The molecule has 0 bridgehead atoms. The number of carbonyl (C=O) groups is 1. The maximum atomic E-state index is 13.2. The van der Waals surface area contributed by atoms with Gasteiger partial charge in [-0.1, -0.05) is 5.57 Å². The molecule has 0 spiro atoms. The highest BCUT2D eigenvalue weighted by atomic mass is 16.2. The van der Waals surface area contributed by atoms with Gasteiger partial charge < -0.3 is 14.9 Å². The first-order valence-electron chi connectivity index (χ1n) is 10.9. The van der Waals surface area contributed by atoms with Crippen LogP contribution in [0.15, 0.2) is 75.5 Å². The van der Waals surface area contributed by atoms with Crippen molar-refractivity contribution in [2.45, 2.75) is 27.7 Å². The van der Waals surface area contributed by atoms with E-state index in [9.17, 15) is 4.79 Å². The Balaban J connectivity index is 1.84. The highest BCUT2D eigenvalue weighted by molar-refractivity contribution is 6.25. The summed E-state index contributed by atoms with van der Waals surface area (Å²) in [4.78, 5) is 30.7. The minimum atomic E-state index is -0.0801. The molecule has 0 saturated heterocycles. The largest absolute Gasteiger partial charge is 0.355 e. The van der Waals surface area contributed by atoms with Crippen molar-refractivity contribution in [1.29, 1.82) is 0 Å². The number of likely N-dealkylation sites (N-methyl/N-ethyl adjacent to an activating group) is 1. The average molecular weight is 440 g/mol. The van der Waals surface area contributed by atoms with Gasteiger partial charge in [-0.15, -0.1) is 0 Å². The topological polar surface area (TPSA) is 76.6 Å². The van der Waals surface area contributed by atoms with Crippen LogP contribution in [-0.2, 0) is 4.79 Å². The Morgan fingerprint density at radius 2 is 1.55 bits per heavy atom. The normalized spacial score (nSPS) is 18.0. The number of hydrogen-bond acceptors (Lipinski definition) is 3. The van der Waals surface area contributed by atoms with Gasteiger partial charge in [-0.3, -0.25) is 9.79 Å². The molecule has 0 unspecified atom stereocenters. The Morgan fingerprint density at radius 1 is 0.818 bits per heavy atom. The number of carbonyl (C=O) groups excluding carboxylic acids is 1. The lowest BCUT2D eigenvalue weighted by atomic mass is 10.1. The van der Waals surface area contributed by atoms with Crippen molar-refractivity contribution in [3.05, 3.63) is 87.6 Å². The van der Waals surface area contributed by atoms with E-state index in [-0.39, 0.29) is 5.91 Å². The van der Waals surface area contributed by atoms with Crippen molar-refractivity contribution in [1.82, 2.24) is 14.9 Å². The van der Waals surface area contributed by atoms with E-state index in [1.807, 2.05) is 62.4 Å². The maximum absolute atomic E-state index is 13.2. The van der Waals surface area contributed by atoms with Gasteiger partial charge in [0.2, 0.25) is 0 Å². The van der Waals surface area contributed by atoms with Crippen LogP contribution < -0.4 is 10.7 Å². The van der Waals surface area contributed by atoms with Crippen LogP contribution in [0, 0.1) is 0 Å². The molecule has 6 heteroatoms. The van der Waals surface area contributed by atoms with Gasteiger partial charge in [0.25, 0.3) is 5.91 Å². The fourth-order valence-electron chi connectivity index (χ4n) is 3.77. The molecule has 33 heavy (non-hydrogen) atoms. The highest BCUT2D eigenvalue weighted by Crippen LogP contribution is 2.23. The predicted octanol–water partition coefficient (Wildman–Crippen LogP) is 3.48. The first-order valence-corrected chi connectivity index (χ1v) is 10.9. The molecule has 2 N–H and O–H groups in total. The molecule has 2 aliphatic heterocycles. The van der Waals surface area contributed by atoms with Gasteiger partial charge in [0.05, 0.1) is 33.7 Å². The lowest BCUT2D eigenvalue weighted by Crippen LogP contribution is -2.29. The van der Waals surface area contributed by atoms with E-state index in [4.69, 9.17) is 4.99 Å². The Morgan fingerprint density at radius 3 is 2.18 bits per heavy atom. The summed E-state index contributed by atoms with van der Waals surface area (Å²) >= 11 is 0. The number of nitrogens with one attached hydrogen (secondary N) is 2. The zero-order valence-electron chi connectivity index (χ0n) is 19.9. The van der Waals surface area contributed by atoms with Gasteiger partial charge in [0.15, 0.2) is 0 Å². The second-order valence-electron chi connectivity index (χ2n) is 8.63. The van der Waals surface area contributed by atoms with Crippen LogP contribution >= 0.6 is 0 Å². The summed E-state index contributed by atoms with van der Waals surface area (Å²) < 4.78 is 0. The molecule has 2 aromatic rings.